The lowest BCUT2D eigenvalue weighted by Crippen LogP contribution is -2.42. The smallest absolute Gasteiger partial charge is 0.326 e. The van der Waals surface area contributed by atoms with Crippen molar-refractivity contribution in [2.45, 2.75) is 12.5 Å². The Hall–Kier alpha value is -2.92. The molecule has 2 N–H and O–H groups in total. The lowest BCUT2D eigenvalue weighted by Gasteiger charge is -2.14. The number of nitrogens with zero attached hydrogens (tertiary/aromatic N) is 1. The minimum atomic E-state index is -1.12. The molecule has 0 aliphatic carbocycles. The molecule has 0 aliphatic rings. The minimum absolute atomic E-state index is 0.134. The first kappa shape index (κ1) is 16.9. The Morgan fingerprint density at radius 1 is 1.08 bits per heavy atom. The van der Waals surface area contributed by atoms with Crippen LogP contribution in [0.2, 0.25) is 5.02 Å². The Kier molecular flexibility index (Phi) is 4.95. The van der Waals surface area contributed by atoms with E-state index in [1.54, 1.807) is 42.5 Å². The highest BCUT2D eigenvalue weighted by Crippen LogP contribution is 2.14. The number of nitrogens with one attached hydrogen (secondary N) is 1. The molecule has 2 aromatic carbocycles. The van der Waals surface area contributed by atoms with Crippen LogP contribution in [0.15, 0.2) is 60.7 Å². The molecule has 3 aromatic rings. The molecule has 0 radical (unpaired) electrons. The topological polar surface area (TPSA) is 79.3 Å². The van der Waals surface area contributed by atoms with Crippen molar-refractivity contribution in [2.24, 2.45) is 0 Å². The van der Waals surface area contributed by atoms with Crippen LogP contribution in [-0.4, -0.2) is 28.0 Å². The van der Waals surface area contributed by atoms with Gasteiger partial charge in [-0.1, -0.05) is 48.0 Å². The van der Waals surface area contributed by atoms with E-state index < -0.39 is 17.9 Å². The second-order valence-corrected chi connectivity index (χ2v) is 6.02. The van der Waals surface area contributed by atoms with Crippen molar-refractivity contribution >= 4 is 34.4 Å². The molecular formula is C19H15ClN2O3. The number of hydrogen-bond acceptors (Lipinski definition) is 3. The number of pyridine rings is 1. The largest absolute Gasteiger partial charge is 0.480 e. The van der Waals surface area contributed by atoms with Gasteiger partial charge in [0.05, 0.1) is 5.52 Å². The number of aromatic nitrogens is 1. The number of carbonyl (C=O) groups is 2. The van der Waals surface area contributed by atoms with Gasteiger partial charge in [0.1, 0.15) is 11.7 Å². The predicted molar refractivity (Wildman–Crippen MR) is 95.8 cm³/mol. The van der Waals surface area contributed by atoms with E-state index in [1.807, 2.05) is 18.2 Å². The summed E-state index contributed by atoms with van der Waals surface area (Å²) >= 11 is 5.92. The van der Waals surface area contributed by atoms with Gasteiger partial charge in [0, 0.05) is 16.8 Å². The van der Waals surface area contributed by atoms with Crippen LogP contribution in [0.4, 0.5) is 0 Å². The maximum absolute atomic E-state index is 12.4. The molecule has 1 atom stereocenters. The molecule has 0 fully saturated rings. The van der Waals surface area contributed by atoms with Crippen molar-refractivity contribution in [2.75, 3.05) is 0 Å². The number of carboxylic acid groups (broad SMARTS) is 1. The molecule has 0 unspecified atom stereocenters. The molecule has 1 aromatic heterocycles. The lowest BCUT2D eigenvalue weighted by atomic mass is 10.1. The third-order valence-electron chi connectivity index (χ3n) is 3.76. The Balaban J connectivity index is 1.78. The van der Waals surface area contributed by atoms with Gasteiger partial charge in [0.25, 0.3) is 5.91 Å². The average Bonchev–Trinajstić information content (AvgIpc) is 2.60. The van der Waals surface area contributed by atoms with Gasteiger partial charge in [-0.05, 0) is 29.8 Å². The first-order valence-electron chi connectivity index (χ1n) is 7.67. The first-order chi connectivity index (χ1) is 12.0. The van der Waals surface area contributed by atoms with Gasteiger partial charge in [0.15, 0.2) is 0 Å². The fraction of sp³-hybridized carbons (Fsp3) is 0.105. The summed E-state index contributed by atoms with van der Waals surface area (Å²) in [5.74, 6) is -1.64. The predicted octanol–water partition coefficient (Wildman–Crippen LogP) is 3.31. The second-order valence-electron chi connectivity index (χ2n) is 5.59. The van der Waals surface area contributed by atoms with Gasteiger partial charge >= 0.3 is 5.97 Å². The number of rotatable bonds is 5. The lowest BCUT2D eigenvalue weighted by molar-refractivity contribution is -0.139. The molecule has 0 aliphatic heterocycles. The van der Waals surface area contributed by atoms with Gasteiger partial charge in [-0.2, -0.15) is 0 Å². The summed E-state index contributed by atoms with van der Waals surface area (Å²) in [6.45, 7) is 0. The molecular weight excluding hydrogens is 340 g/mol. The van der Waals surface area contributed by atoms with Crippen LogP contribution in [0.3, 0.4) is 0 Å². The highest BCUT2D eigenvalue weighted by atomic mass is 35.5. The van der Waals surface area contributed by atoms with E-state index in [0.29, 0.717) is 10.5 Å². The number of para-hydroxylation sites is 1. The number of carboxylic acids is 1. The maximum atomic E-state index is 12.4. The Morgan fingerprint density at radius 3 is 2.64 bits per heavy atom. The summed E-state index contributed by atoms with van der Waals surface area (Å²) in [6.07, 6.45) is 0.134. The van der Waals surface area contributed by atoms with Gasteiger partial charge in [-0.3, -0.25) is 4.79 Å². The van der Waals surface area contributed by atoms with E-state index >= 15 is 0 Å². The Bertz CT molecular complexity index is 943. The molecule has 0 bridgehead atoms. The van der Waals surface area contributed by atoms with Crippen molar-refractivity contribution in [1.29, 1.82) is 0 Å². The van der Waals surface area contributed by atoms with Crippen molar-refractivity contribution < 1.29 is 14.7 Å². The summed E-state index contributed by atoms with van der Waals surface area (Å²) in [6, 6.07) is 16.6. The number of aliphatic carboxylic acids is 1. The molecule has 126 valence electrons. The zero-order valence-electron chi connectivity index (χ0n) is 13.1. The SMILES string of the molecule is O=C(N[C@@H](Cc1cccc(Cl)c1)C(=O)O)c1ccc2ccccc2n1. The summed E-state index contributed by atoms with van der Waals surface area (Å²) in [5.41, 5.74) is 1.58. The summed E-state index contributed by atoms with van der Waals surface area (Å²) in [7, 11) is 0. The normalized spacial score (nSPS) is 11.9. The number of benzene rings is 2. The zero-order valence-corrected chi connectivity index (χ0v) is 13.9. The average molecular weight is 355 g/mol. The molecule has 0 saturated carbocycles. The van der Waals surface area contributed by atoms with Crippen molar-refractivity contribution in [1.82, 2.24) is 10.3 Å². The second kappa shape index (κ2) is 7.32. The molecule has 6 heteroatoms. The number of fused-ring (bicyclic) bond motifs is 1. The van der Waals surface area contributed by atoms with Gasteiger partial charge in [-0.25, -0.2) is 9.78 Å². The minimum Gasteiger partial charge on any atom is -0.480 e. The van der Waals surface area contributed by atoms with Gasteiger partial charge in [0.2, 0.25) is 0 Å². The van der Waals surface area contributed by atoms with E-state index in [0.717, 1.165) is 10.9 Å². The monoisotopic (exact) mass is 354 g/mol. The molecule has 0 spiro atoms. The third-order valence-corrected chi connectivity index (χ3v) is 4.00. The fourth-order valence-corrected chi connectivity index (χ4v) is 2.74. The van der Waals surface area contributed by atoms with E-state index in [9.17, 15) is 14.7 Å². The summed E-state index contributed by atoms with van der Waals surface area (Å²) in [4.78, 5) is 28.2. The van der Waals surface area contributed by atoms with Crippen LogP contribution in [0.25, 0.3) is 10.9 Å². The van der Waals surface area contributed by atoms with Crippen molar-refractivity contribution in [3.05, 3.63) is 76.9 Å². The Morgan fingerprint density at radius 2 is 1.88 bits per heavy atom. The standard InChI is InChI=1S/C19H15ClN2O3/c20-14-6-3-4-12(10-14)11-17(19(24)25)22-18(23)16-9-8-13-5-1-2-7-15(13)21-16/h1-10,17H,11H2,(H,22,23)(H,24,25)/t17-/m0/s1. The van der Waals surface area contributed by atoms with Crippen LogP contribution in [0.1, 0.15) is 16.1 Å². The molecule has 0 saturated heterocycles. The fourth-order valence-electron chi connectivity index (χ4n) is 2.52. The number of halogens is 1. The van der Waals surface area contributed by atoms with Crippen LogP contribution < -0.4 is 5.32 Å². The first-order valence-corrected chi connectivity index (χ1v) is 8.04. The van der Waals surface area contributed by atoms with E-state index in [1.165, 1.54) is 0 Å². The summed E-state index contributed by atoms with van der Waals surface area (Å²) < 4.78 is 0. The van der Waals surface area contributed by atoms with Crippen LogP contribution >= 0.6 is 11.6 Å². The quantitative estimate of drug-likeness (QED) is 0.736. The highest BCUT2D eigenvalue weighted by Gasteiger charge is 2.22. The van der Waals surface area contributed by atoms with Crippen molar-refractivity contribution in [3.8, 4) is 0 Å². The molecule has 3 rings (SSSR count). The Labute approximate surface area is 149 Å². The number of hydrogen-bond donors (Lipinski definition) is 2. The van der Waals surface area contributed by atoms with Crippen LogP contribution in [0, 0.1) is 0 Å². The maximum Gasteiger partial charge on any atom is 0.326 e. The molecule has 1 amide bonds. The zero-order chi connectivity index (χ0) is 17.8. The van der Waals surface area contributed by atoms with Crippen LogP contribution in [0.5, 0.6) is 0 Å². The molecule has 1 heterocycles. The third kappa shape index (κ3) is 4.14. The van der Waals surface area contributed by atoms with Gasteiger partial charge in [-0.15, -0.1) is 0 Å². The summed E-state index contributed by atoms with van der Waals surface area (Å²) in [5, 5.41) is 13.4. The van der Waals surface area contributed by atoms with E-state index in [-0.39, 0.29) is 12.1 Å². The highest BCUT2D eigenvalue weighted by molar-refractivity contribution is 6.30. The molecule has 25 heavy (non-hydrogen) atoms. The number of carbonyl (C=O) groups excluding carboxylic acids is 1. The van der Waals surface area contributed by atoms with Gasteiger partial charge < -0.3 is 10.4 Å². The van der Waals surface area contributed by atoms with Crippen LogP contribution in [-0.2, 0) is 11.2 Å². The molecule has 5 nitrogen and oxygen atoms in total. The van der Waals surface area contributed by atoms with E-state index in [2.05, 4.69) is 10.3 Å². The van der Waals surface area contributed by atoms with E-state index in [4.69, 9.17) is 11.6 Å². The van der Waals surface area contributed by atoms with Crippen molar-refractivity contribution in [3.63, 3.8) is 0 Å². The number of amides is 1.